The molecule has 0 fully saturated rings. The van der Waals surface area contributed by atoms with Gasteiger partial charge in [-0.3, -0.25) is 0 Å². The first-order valence-electron chi connectivity index (χ1n) is 8.18. The highest BCUT2D eigenvalue weighted by molar-refractivity contribution is 7.80. The Morgan fingerprint density at radius 1 is 1.00 bits per heavy atom. The lowest BCUT2D eigenvalue weighted by atomic mass is 9.98. The van der Waals surface area contributed by atoms with Crippen molar-refractivity contribution in [3.8, 4) is 22.3 Å². The lowest BCUT2D eigenvalue weighted by Crippen LogP contribution is -2.14. The topological polar surface area (TPSA) is 42.1 Å². The highest BCUT2D eigenvalue weighted by atomic mass is 32.1. The van der Waals surface area contributed by atoms with E-state index < -0.39 is 23.4 Å². The average molecular weight is 391 g/mol. The van der Waals surface area contributed by atoms with Gasteiger partial charge in [0.25, 0.3) is 0 Å². The third-order valence-electron chi connectivity index (χ3n) is 4.02. The predicted octanol–water partition coefficient (Wildman–Crippen LogP) is 5.83. The summed E-state index contributed by atoms with van der Waals surface area (Å²) in [6, 6.07) is 16.1. The van der Waals surface area contributed by atoms with Gasteiger partial charge < -0.3 is 9.72 Å². The lowest BCUT2D eigenvalue weighted by Gasteiger charge is -2.12. The van der Waals surface area contributed by atoms with Crippen molar-refractivity contribution < 1.29 is 22.7 Å². The normalized spacial score (nSPS) is 11.4. The molecule has 0 bridgehead atoms. The van der Waals surface area contributed by atoms with E-state index in [-0.39, 0.29) is 17.2 Å². The maximum Gasteiger partial charge on any atom is 0.419 e. The largest absolute Gasteiger partial charge is 0.461 e. The number of alkyl halides is 3. The molecule has 3 aromatic rings. The Labute approximate surface area is 159 Å². The van der Waals surface area contributed by atoms with Crippen molar-refractivity contribution in [2.45, 2.75) is 18.1 Å². The molecule has 0 aliphatic rings. The van der Waals surface area contributed by atoms with E-state index >= 15 is 0 Å². The van der Waals surface area contributed by atoms with Crippen LogP contribution in [-0.2, 0) is 10.9 Å². The zero-order valence-electron chi connectivity index (χ0n) is 14.3. The van der Waals surface area contributed by atoms with E-state index in [9.17, 15) is 18.0 Å². The molecule has 0 radical (unpaired) electrons. The van der Waals surface area contributed by atoms with Crippen LogP contribution in [0.5, 0.6) is 0 Å². The van der Waals surface area contributed by atoms with Crippen molar-refractivity contribution in [2.75, 3.05) is 6.61 Å². The number of aromatic nitrogens is 1. The van der Waals surface area contributed by atoms with Crippen LogP contribution >= 0.6 is 12.6 Å². The molecule has 1 aromatic heterocycles. The van der Waals surface area contributed by atoms with Gasteiger partial charge in [0.05, 0.1) is 17.2 Å². The van der Waals surface area contributed by atoms with Crippen LogP contribution in [0.15, 0.2) is 59.6 Å². The Kier molecular flexibility index (Phi) is 5.32. The zero-order chi connectivity index (χ0) is 19.6. The number of rotatable bonds is 4. The second-order valence-electron chi connectivity index (χ2n) is 5.76. The van der Waals surface area contributed by atoms with E-state index in [0.29, 0.717) is 5.56 Å². The second kappa shape index (κ2) is 7.52. The summed E-state index contributed by atoms with van der Waals surface area (Å²) in [4.78, 5) is 14.4. The Balaban J connectivity index is 2.10. The Bertz CT molecular complexity index is 948. The summed E-state index contributed by atoms with van der Waals surface area (Å²) in [5, 5.41) is -0.0437. The number of carbonyl (C=O) groups is 1. The van der Waals surface area contributed by atoms with E-state index in [1.165, 1.54) is 6.92 Å². The molecule has 7 heteroatoms. The number of benzene rings is 2. The summed E-state index contributed by atoms with van der Waals surface area (Å²) in [6.07, 6.45) is -4.74. The van der Waals surface area contributed by atoms with Crippen LogP contribution < -0.4 is 0 Å². The third kappa shape index (κ3) is 3.88. The van der Waals surface area contributed by atoms with E-state index in [2.05, 4.69) is 17.6 Å². The standard InChI is InChI=1S/C20H16F3NO2S/c1-2-26-19(25)17-16(20(21,22)23)15(18(27)24-17)14-10-8-13(9-11-14)12-6-4-3-5-7-12/h3-11,24,27H,2H2,1H3. The first-order valence-corrected chi connectivity index (χ1v) is 8.62. The minimum Gasteiger partial charge on any atom is -0.461 e. The molecule has 3 rings (SSSR count). The number of nitrogens with one attached hydrogen (secondary N) is 1. The number of hydrogen-bond acceptors (Lipinski definition) is 3. The van der Waals surface area contributed by atoms with Crippen LogP contribution in [0.25, 0.3) is 22.3 Å². The summed E-state index contributed by atoms with van der Waals surface area (Å²) < 4.78 is 45.8. The molecule has 0 spiro atoms. The van der Waals surface area contributed by atoms with Gasteiger partial charge in [0.2, 0.25) is 0 Å². The Hall–Kier alpha value is -2.67. The van der Waals surface area contributed by atoms with Gasteiger partial charge in [0.15, 0.2) is 0 Å². The highest BCUT2D eigenvalue weighted by Gasteiger charge is 2.41. The lowest BCUT2D eigenvalue weighted by molar-refractivity contribution is -0.137. The van der Waals surface area contributed by atoms with Gasteiger partial charge in [0.1, 0.15) is 5.69 Å². The fourth-order valence-corrected chi connectivity index (χ4v) is 3.22. The highest BCUT2D eigenvalue weighted by Crippen LogP contribution is 2.43. The number of ether oxygens (including phenoxy) is 1. The van der Waals surface area contributed by atoms with E-state index in [1.54, 1.807) is 24.3 Å². The summed E-state index contributed by atoms with van der Waals surface area (Å²) in [7, 11) is 0. The number of thiol groups is 1. The van der Waals surface area contributed by atoms with Crippen LogP contribution in [0.1, 0.15) is 23.0 Å². The van der Waals surface area contributed by atoms with Gasteiger partial charge in [-0.15, -0.1) is 12.6 Å². The first-order chi connectivity index (χ1) is 12.8. The number of carbonyl (C=O) groups excluding carboxylic acids is 1. The molecule has 1 heterocycles. The molecule has 140 valence electrons. The van der Waals surface area contributed by atoms with Gasteiger partial charge in [-0.2, -0.15) is 13.2 Å². The van der Waals surface area contributed by atoms with Crippen LogP contribution in [0, 0.1) is 0 Å². The SMILES string of the molecule is CCOC(=O)c1[nH]c(S)c(-c2ccc(-c3ccccc3)cc2)c1C(F)(F)F. The van der Waals surface area contributed by atoms with E-state index in [0.717, 1.165) is 11.1 Å². The molecular formula is C20H16F3NO2S. The number of H-pyrrole nitrogens is 1. The summed E-state index contributed by atoms with van der Waals surface area (Å²) in [5.74, 6) is -1.06. The molecule has 0 saturated carbocycles. The van der Waals surface area contributed by atoms with Crippen molar-refractivity contribution in [3.63, 3.8) is 0 Å². The van der Waals surface area contributed by atoms with E-state index in [4.69, 9.17) is 4.74 Å². The predicted molar refractivity (Wildman–Crippen MR) is 99.9 cm³/mol. The first kappa shape index (κ1) is 19.1. The fraction of sp³-hybridized carbons (Fsp3) is 0.150. The van der Waals surface area contributed by atoms with Crippen molar-refractivity contribution in [2.24, 2.45) is 0 Å². The van der Waals surface area contributed by atoms with Gasteiger partial charge in [-0.25, -0.2) is 4.79 Å². The summed E-state index contributed by atoms with van der Waals surface area (Å²) >= 11 is 4.13. The summed E-state index contributed by atoms with van der Waals surface area (Å²) in [5.41, 5.74) is 0.240. The van der Waals surface area contributed by atoms with Crippen molar-refractivity contribution >= 4 is 18.6 Å². The minimum atomic E-state index is -4.74. The number of esters is 1. The maximum absolute atomic E-state index is 13.7. The fourth-order valence-electron chi connectivity index (χ4n) is 2.87. The van der Waals surface area contributed by atoms with Crippen LogP contribution in [0.4, 0.5) is 13.2 Å². The second-order valence-corrected chi connectivity index (χ2v) is 6.21. The molecule has 27 heavy (non-hydrogen) atoms. The van der Waals surface area contributed by atoms with Crippen molar-refractivity contribution in [3.05, 3.63) is 65.9 Å². The third-order valence-corrected chi connectivity index (χ3v) is 4.36. The van der Waals surface area contributed by atoms with Crippen LogP contribution in [0.3, 0.4) is 0 Å². The van der Waals surface area contributed by atoms with Crippen LogP contribution in [-0.4, -0.2) is 17.6 Å². The molecule has 3 nitrogen and oxygen atoms in total. The van der Waals surface area contributed by atoms with Gasteiger partial charge >= 0.3 is 12.1 Å². The number of aromatic amines is 1. The Morgan fingerprint density at radius 3 is 2.11 bits per heavy atom. The average Bonchev–Trinajstić information content (AvgIpc) is 3.00. The molecule has 0 unspecified atom stereocenters. The van der Waals surface area contributed by atoms with Gasteiger partial charge in [0, 0.05) is 5.56 Å². The number of halogens is 3. The summed E-state index contributed by atoms with van der Waals surface area (Å²) in [6.45, 7) is 1.50. The molecule has 1 N–H and O–H groups in total. The molecule has 0 saturated heterocycles. The molecule has 0 atom stereocenters. The van der Waals surface area contributed by atoms with Gasteiger partial charge in [-0.05, 0) is 23.6 Å². The minimum absolute atomic E-state index is 0.0296. The molecular weight excluding hydrogens is 375 g/mol. The zero-order valence-corrected chi connectivity index (χ0v) is 15.2. The smallest absolute Gasteiger partial charge is 0.419 e. The quantitative estimate of drug-likeness (QED) is 0.434. The maximum atomic E-state index is 13.7. The van der Waals surface area contributed by atoms with Crippen LogP contribution in [0.2, 0.25) is 0 Å². The van der Waals surface area contributed by atoms with Crippen molar-refractivity contribution in [1.82, 2.24) is 4.98 Å². The molecule has 2 aromatic carbocycles. The molecule has 0 aliphatic carbocycles. The van der Waals surface area contributed by atoms with E-state index in [1.807, 2.05) is 30.3 Å². The van der Waals surface area contributed by atoms with Crippen molar-refractivity contribution in [1.29, 1.82) is 0 Å². The van der Waals surface area contributed by atoms with Gasteiger partial charge in [-0.1, -0.05) is 54.6 Å². The number of hydrogen-bond donors (Lipinski definition) is 2. The molecule has 0 amide bonds. The molecule has 0 aliphatic heterocycles. The Morgan fingerprint density at radius 2 is 1.56 bits per heavy atom. The monoisotopic (exact) mass is 391 g/mol.